The molecule has 9 heteroatoms. The number of carbonyl (C=O) groups is 1. The molecule has 0 aliphatic carbocycles. The van der Waals surface area contributed by atoms with E-state index < -0.39 is 11.1 Å². The third-order valence-electron chi connectivity index (χ3n) is 5.67. The largest absolute Gasteiger partial charge is 0.339 e. The van der Waals surface area contributed by atoms with Crippen molar-refractivity contribution in [1.29, 1.82) is 0 Å². The van der Waals surface area contributed by atoms with Gasteiger partial charge in [-0.25, -0.2) is 9.37 Å². The Morgan fingerprint density at radius 2 is 1.91 bits per heavy atom. The van der Waals surface area contributed by atoms with Crippen molar-refractivity contribution in [2.75, 3.05) is 32.7 Å². The van der Waals surface area contributed by atoms with Crippen LogP contribution in [0.5, 0.6) is 0 Å². The second kappa shape index (κ2) is 9.60. The molecule has 1 amide bonds. The first-order valence-corrected chi connectivity index (χ1v) is 11.8. The lowest BCUT2D eigenvalue weighted by atomic mass is 10.2. The number of aromatic nitrogens is 2. The van der Waals surface area contributed by atoms with Gasteiger partial charge in [-0.1, -0.05) is 42.4 Å². The van der Waals surface area contributed by atoms with Crippen LogP contribution in [0, 0.1) is 5.82 Å². The van der Waals surface area contributed by atoms with Gasteiger partial charge in [-0.2, -0.15) is 0 Å². The van der Waals surface area contributed by atoms with Crippen molar-refractivity contribution >= 4 is 40.2 Å². The van der Waals surface area contributed by atoms with Crippen LogP contribution in [-0.4, -0.2) is 63.2 Å². The molecule has 2 heterocycles. The van der Waals surface area contributed by atoms with Crippen molar-refractivity contribution in [1.82, 2.24) is 19.4 Å². The number of thioether (sulfide) groups is 1. The molecule has 4 rings (SSSR count). The van der Waals surface area contributed by atoms with E-state index in [-0.39, 0.29) is 16.5 Å². The number of likely N-dealkylation sites (N-methyl/N-ethyl adjacent to an activating group) is 1. The Morgan fingerprint density at radius 3 is 2.59 bits per heavy atom. The first kappa shape index (κ1) is 22.8. The standard InChI is InChI=1S/C23H24ClFN4O2S/c1-3-27-10-12-28(13-11-27)21(30)15(2)32-23-26-20-7-5-4-6-17(20)22(31)29(23)16-8-9-19(25)18(24)14-16/h4-9,14-15H,3,10-13H2,1-2H3. The molecule has 0 saturated carbocycles. The minimum absolute atomic E-state index is 0.0110. The van der Waals surface area contributed by atoms with Crippen LogP contribution in [0.4, 0.5) is 4.39 Å². The zero-order valence-electron chi connectivity index (χ0n) is 17.9. The molecule has 1 saturated heterocycles. The lowest BCUT2D eigenvalue weighted by Gasteiger charge is -2.35. The van der Waals surface area contributed by atoms with E-state index >= 15 is 0 Å². The van der Waals surface area contributed by atoms with E-state index in [4.69, 9.17) is 11.6 Å². The summed E-state index contributed by atoms with van der Waals surface area (Å²) in [6, 6.07) is 11.1. The first-order chi connectivity index (χ1) is 15.4. The van der Waals surface area contributed by atoms with Crippen LogP contribution in [0.25, 0.3) is 16.6 Å². The fraction of sp³-hybridized carbons (Fsp3) is 0.348. The lowest BCUT2D eigenvalue weighted by Crippen LogP contribution is -2.50. The summed E-state index contributed by atoms with van der Waals surface area (Å²) < 4.78 is 15.1. The second-order valence-electron chi connectivity index (χ2n) is 7.67. The van der Waals surface area contributed by atoms with Gasteiger partial charge < -0.3 is 9.80 Å². The lowest BCUT2D eigenvalue weighted by molar-refractivity contribution is -0.132. The normalized spacial score (nSPS) is 15.8. The van der Waals surface area contributed by atoms with Crippen molar-refractivity contribution in [2.45, 2.75) is 24.3 Å². The molecule has 1 aromatic heterocycles. The summed E-state index contributed by atoms with van der Waals surface area (Å²) in [7, 11) is 0. The molecule has 0 radical (unpaired) electrons. The second-order valence-corrected chi connectivity index (χ2v) is 9.39. The summed E-state index contributed by atoms with van der Waals surface area (Å²) in [5.74, 6) is -0.557. The number of nitrogens with zero attached hydrogens (tertiary/aromatic N) is 4. The molecule has 1 unspecified atom stereocenters. The third-order valence-corrected chi connectivity index (χ3v) is 7.00. The van der Waals surface area contributed by atoms with E-state index in [1.165, 1.54) is 34.5 Å². The zero-order chi connectivity index (χ0) is 22.8. The molecule has 1 atom stereocenters. The Kier molecular flexibility index (Phi) is 6.83. The number of piperazine rings is 1. The maximum Gasteiger partial charge on any atom is 0.266 e. The van der Waals surface area contributed by atoms with Gasteiger partial charge in [-0.15, -0.1) is 0 Å². The van der Waals surface area contributed by atoms with Gasteiger partial charge in [0.05, 0.1) is 26.9 Å². The maximum atomic E-state index is 13.7. The molecule has 2 aromatic carbocycles. The van der Waals surface area contributed by atoms with Crippen molar-refractivity contribution in [3.05, 3.63) is 63.7 Å². The third kappa shape index (κ3) is 4.53. The fourth-order valence-electron chi connectivity index (χ4n) is 3.79. The molecular weight excluding hydrogens is 451 g/mol. The van der Waals surface area contributed by atoms with Gasteiger partial charge in [-0.3, -0.25) is 14.2 Å². The predicted molar refractivity (Wildman–Crippen MR) is 126 cm³/mol. The first-order valence-electron chi connectivity index (χ1n) is 10.5. The van der Waals surface area contributed by atoms with Gasteiger partial charge in [0.1, 0.15) is 5.82 Å². The van der Waals surface area contributed by atoms with Gasteiger partial charge in [-0.05, 0) is 43.8 Å². The number of carbonyl (C=O) groups excluding carboxylic acids is 1. The van der Waals surface area contributed by atoms with Crippen molar-refractivity contribution in [3.63, 3.8) is 0 Å². The number of halogens is 2. The molecule has 1 aliphatic heterocycles. The molecule has 1 fully saturated rings. The quantitative estimate of drug-likeness (QED) is 0.415. The van der Waals surface area contributed by atoms with Crippen LogP contribution < -0.4 is 5.56 Å². The SMILES string of the molecule is CCN1CCN(C(=O)C(C)Sc2nc3ccccc3c(=O)n2-c2ccc(F)c(Cl)c2)CC1. The van der Waals surface area contributed by atoms with Crippen LogP contribution in [0.3, 0.4) is 0 Å². The number of hydrogen-bond donors (Lipinski definition) is 0. The number of benzene rings is 2. The van der Waals surface area contributed by atoms with Crippen LogP contribution >= 0.6 is 23.4 Å². The van der Waals surface area contributed by atoms with Crippen molar-refractivity contribution < 1.29 is 9.18 Å². The number of rotatable bonds is 5. The maximum absolute atomic E-state index is 13.7. The molecule has 168 valence electrons. The van der Waals surface area contributed by atoms with Crippen LogP contribution in [0.1, 0.15) is 13.8 Å². The summed E-state index contributed by atoms with van der Waals surface area (Å²) in [5, 5.41) is 0.270. The van der Waals surface area contributed by atoms with E-state index in [0.29, 0.717) is 34.8 Å². The molecular formula is C23H24ClFN4O2S. The molecule has 0 N–H and O–H groups in total. The minimum atomic E-state index is -0.568. The van der Waals surface area contributed by atoms with E-state index in [9.17, 15) is 14.0 Å². The Hall–Kier alpha value is -2.42. The number of fused-ring (bicyclic) bond motifs is 1. The summed E-state index contributed by atoms with van der Waals surface area (Å²) in [6.07, 6.45) is 0. The molecule has 0 spiro atoms. The fourth-order valence-corrected chi connectivity index (χ4v) is 4.98. The summed E-state index contributed by atoms with van der Waals surface area (Å²) in [4.78, 5) is 35.3. The molecule has 3 aromatic rings. The minimum Gasteiger partial charge on any atom is -0.339 e. The Morgan fingerprint density at radius 1 is 1.19 bits per heavy atom. The Balaban J connectivity index is 1.70. The molecule has 32 heavy (non-hydrogen) atoms. The van der Waals surface area contributed by atoms with Gasteiger partial charge in [0.2, 0.25) is 5.91 Å². The molecule has 6 nitrogen and oxygen atoms in total. The van der Waals surface area contributed by atoms with Gasteiger partial charge in [0, 0.05) is 26.2 Å². The number of amides is 1. The summed E-state index contributed by atoms with van der Waals surface area (Å²) in [6.45, 7) is 7.98. The average molecular weight is 475 g/mol. The van der Waals surface area contributed by atoms with Crippen LogP contribution in [0.15, 0.2) is 52.4 Å². The van der Waals surface area contributed by atoms with Crippen LogP contribution in [-0.2, 0) is 4.79 Å². The smallest absolute Gasteiger partial charge is 0.266 e. The van der Waals surface area contributed by atoms with Gasteiger partial charge in [0.25, 0.3) is 5.56 Å². The van der Waals surface area contributed by atoms with E-state index in [0.717, 1.165) is 19.6 Å². The van der Waals surface area contributed by atoms with Gasteiger partial charge in [0.15, 0.2) is 5.16 Å². The zero-order valence-corrected chi connectivity index (χ0v) is 19.5. The average Bonchev–Trinajstić information content (AvgIpc) is 2.81. The number of para-hydroxylation sites is 1. The monoisotopic (exact) mass is 474 g/mol. The highest BCUT2D eigenvalue weighted by atomic mass is 35.5. The van der Waals surface area contributed by atoms with Crippen molar-refractivity contribution in [3.8, 4) is 5.69 Å². The van der Waals surface area contributed by atoms with E-state index in [2.05, 4.69) is 16.8 Å². The molecule has 1 aliphatic rings. The Labute approximate surface area is 195 Å². The molecule has 0 bridgehead atoms. The van der Waals surface area contributed by atoms with E-state index in [1.807, 2.05) is 17.9 Å². The highest BCUT2D eigenvalue weighted by molar-refractivity contribution is 8.00. The van der Waals surface area contributed by atoms with Crippen molar-refractivity contribution in [2.24, 2.45) is 0 Å². The highest BCUT2D eigenvalue weighted by Crippen LogP contribution is 2.28. The van der Waals surface area contributed by atoms with Gasteiger partial charge >= 0.3 is 0 Å². The summed E-state index contributed by atoms with van der Waals surface area (Å²) in [5.41, 5.74) is 0.649. The van der Waals surface area contributed by atoms with Crippen LogP contribution in [0.2, 0.25) is 5.02 Å². The highest BCUT2D eigenvalue weighted by Gasteiger charge is 2.27. The topological polar surface area (TPSA) is 58.4 Å². The number of hydrogen-bond acceptors (Lipinski definition) is 5. The summed E-state index contributed by atoms with van der Waals surface area (Å²) >= 11 is 7.21. The predicted octanol–water partition coefficient (Wildman–Crippen LogP) is 3.82. The Bertz CT molecular complexity index is 1210. The van der Waals surface area contributed by atoms with E-state index in [1.54, 1.807) is 18.2 Å².